The molecule has 2 N–H and O–H groups in total. The molecule has 0 saturated carbocycles. The molecule has 0 aliphatic carbocycles. The largest absolute Gasteiger partial charge is 0.497 e. The zero-order valence-corrected chi connectivity index (χ0v) is 15.3. The van der Waals surface area contributed by atoms with Gasteiger partial charge in [-0.3, -0.25) is 0 Å². The highest BCUT2D eigenvalue weighted by Crippen LogP contribution is 2.31. The van der Waals surface area contributed by atoms with Gasteiger partial charge in [0.05, 0.1) is 29.6 Å². The number of nitrogens with zero attached hydrogens (tertiary/aromatic N) is 4. The Morgan fingerprint density at radius 1 is 1.19 bits per heavy atom. The highest BCUT2D eigenvalue weighted by Gasteiger charge is 2.11. The molecule has 8 heteroatoms. The molecule has 1 aromatic heterocycles. The number of hydrogen-bond acceptors (Lipinski definition) is 8. The Morgan fingerprint density at radius 3 is 2.62 bits per heavy atom. The third kappa shape index (κ3) is 4.16. The fraction of sp³-hybridized carbons (Fsp3) is 0.278. The third-order valence-corrected chi connectivity index (χ3v) is 4.73. The maximum absolute atomic E-state index is 9.78. The topological polar surface area (TPSA) is 90.5 Å². The van der Waals surface area contributed by atoms with Crippen molar-refractivity contribution in [3.63, 3.8) is 0 Å². The van der Waals surface area contributed by atoms with Crippen molar-refractivity contribution in [2.24, 2.45) is 10.2 Å². The summed E-state index contributed by atoms with van der Waals surface area (Å²) in [6, 6.07) is 13.0. The van der Waals surface area contributed by atoms with Gasteiger partial charge in [0.25, 0.3) is 0 Å². The average molecular weight is 372 g/mol. The summed E-state index contributed by atoms with van der Waals surface area (Å²) >= 11 is 1.46. The van der Waals surface area contributed by atoms with Gasteiger partial charge in [-0.25, -0.2) is 4.98 Å². The van der Waals surface area contributed by atoms with Gasteiger partial charge >= 0.3 is 0 Å². The van der Waals surface area contributed by atoms with Crippen molar-refractivity contribution in [3.8, 4) is 5.75 Å². The van der Waals surface area contributed by atoms with Gasteiger partial charge in [-0.2, -0.15) is 0 Å². The molecule has 0 radical (unpaired) electrons. The molecule has 3 aromatic rings. The lowest BCUT2D eigenvalue weighted by Crippen LogP contribution is -2.35. The van der Waals surface area contributed by atoms with Crippen LogP contribution in [0.4, 0.5) is 16.5 Å². The molecule has 7 nitrogen and oxygen atoms in total. The third-order valence-electron chi connectivity index (χ3n) is 3.81. The van der Waals surface area contributed by atoms with Gasteiger partial charge in [0.15, 0.2) is 0 Å². The van der Waals surface area contributed by atoms with Crippen molar-refractivity contribution < 1.29 is 14.9 Å². The van der Waals surface area contributed by atoms with Crippen LogP contribution >= 0.6 is 11.3 Å². The SMILES string of the molecule is COc1ccc2sc(N=Nc3ccc(N(CCO)C(C)O)cc3)nc2c1. The van der Waals surface area contributed by atoms with E-state index in [1.165, 1.54) is 11.3 Å². The first-order valence-corrected chi connectivity index (χ1v) is 8.94. The Bertz CT molecular complexity index is 893. The number of rotatable bonds is 7. The second kappa shape index (κ2) is 8.22. The van der Waals surface area contributed by atoms with Crippen LogP contribution in [0.1, 0.15) is 6.92 Å². The molecule has 0 bridgehead atoms. The molecular formula is C18H20N4O3S. The summed E-state index contributed by atoms with van der Waals surface area (Å²) in [5.74, 6) is 0.757. The number of aliphatic hydroxyl groups is 2. The first-order valence-electron chi connectivity index (χ1n) is 8.12. The van der Waals surface area contributed by atoms with Gasteiger partial charge in [-0.05, 0) is 43.3 Å². The number of anilines is 1. The predicted molar refractivity (Wildman–Crippen MR) is 103 cm³/mol. The molecule has 26 heavy (non-hydrogen) atoms. The van der Waals surface area contributed by atoms with Crippen LogP contribution < -0.4 is 9.64 Å². The van der Waals surface area contributed by atoms with Crippen molar-refractivity contribution in [2.45, 2.75) is 13.2 Å². The molecule has 0 aliphatic heterocycles. The van der Waals surface area contributed by atoms with E-state index in [9.17, 15) is 5.11 Å². The van der Waals surface area contributed by atoms with Crippen LogP contribution in [0.25, 0.3) is 10.2 Å². The lowest BCUT2D eigenvalue weighted by molar-refractivity contribution is 0.177. The van der Waals surface area contributed by atoms with Crippen molar-refractivity contribution in [1.82, 2.24) is 4.98 Å². The monoisotopic (exact) mass is 372 g/mol. The van der Waals surface area contributed by atoms with Crippen LogP contribution in [-0.4, -0.2) is 41.7 Å². The summed E-state index contributed by atoms with van der Waals surface area (Å²) in [6.07, 6.45) is -0.686. The zero-order valence-electron chi connectivity index (χ0n) is 14.5. The Labute approximate surface area is 155 Å². The summed E-state index contributed by atoms with van der Waals surface area (Å²) in [7, 11) is 1.62. The minimum absolute atomic E-state index is 0.0330. The minimum atomic E-state index is -0.686. The number of azo groups is 1. The van der Waals surface area contributed by atoms with E-state index in [2.05, 4.69) is 15.2 Å². The quantitative estimate of drug-likeness (QED) is 0.485. The molecule has 0 fully saturated rings. The number of aliphatic hydroxyl groups excluding tert-OH is 2. The van der Waals surface area contributed by atoms with Gasteiger partial charge < -0.3 is 19.8 Å². The molecule has 1 unspecified atom stereocenters. The number of benzene rings is 2. The average Bonchev–Trinajstić information content (AvgIpc) is 3.06. The fourth-order valence-corrected chi connectivity index (χ4v) is 3.28. The molecular weight excluding hydrogens is 352 g/mol. The summed E-state index contributed by atoms with van der Waals surface area (Å²) in [6.45, 7) is 1.98. The van der Waals surface area contributed by atoms with Crippen LogP contribution in [0, 0.1) is 0 Å². The van der Waals surface area contributed by atoms with E-state index in [1.54, 1.807) is 18.9 Å². The lowest BCUT2D eigenvalue weighted by Gasteiger charge is -2.26. The Hall–Kier alpha value is -2.55. The molecule has 0 saturated heterocycles. The van der Waals surface area contributed by atoms with E-state index in [0.29, 0.717) is 17.4 Å². The lowest BCUT2D eigenvalue weighted by atomic mass is 10.2. The summed E-state index contributed by atoms with van der Waals surface area (Å²) in [4.78, 5) is 6.14. The summed E-state index contributed by atoms with van der Waals surface area (Å²) < 4.78 is 6.22. The molecule has 2 aromatic carbocycles. The van der Waals surface area contributed by atoms with E-state index < -0.39 is 6.23 Å². The number of hydrogen-bond donors (Lipinski definition) is 2. The molecule has 3 rings (SSSR count). The van der Waals surface area contributed by atoms with E-state index >= 15 is 0 Å². The van der Waals surface area contributed by atoms with E-state index in [1.807, 2.05) is 42.5 Å². The minimum Gasteiger partial charge on any atom is -0.497 e. The Balaban J connectivity index is 1.76. The van der Waals surface area contributed by atoms with Gasteiger partial charge in [-0.1, -0.05) is 11.3 Å². The second-order valence-electron chi connectivity index (χ2n) is 5.60. The standard InChI is InChI=1S/C18H20N4O3S/c1-12(24)22(9-10-23)14-5-3-13(4-6-14)20-21-18-19-16-11-15(25-2)7-8-17(16)26-18/h3-8,11-12,23-24H,9-10H2,1-2H3. The van der Waals surface area contributed by atoms with E-state index in [0.717, 1.165) is 21.7 Å². The fourth-order valence-electron chi connectivity index (χ4n) is 2.52. The highest BCUT2D eigenvalue weighted by molar-refractivity contribution is 7.21. The first kappa shape index (κ1) is 18.2. The Morgan fingerprint density at radius 2 is 1.96 bits per heavy atom. The van der Waals surface area contributed by atoms with E-state index in [-0.39, 0.29) is 6.61 Å². The maximum atomic E-state index is 9.78. The van der Waals surface area contributed by atoms with Crippen molar-refractivity contribution in [2.75, 3.05) is 25.2 Å². The van der Waals surface area contributed by atoms with Crippen molar-refractivity contribution >= 4 is 38.1 Å². The molecule has 1 heterocycles. The molecule has 0 amide bonds. The molecule has 0 aliphatic rings. The van der Waals surface area contributed by atoms with Crippen molar-refractivity contribution in [1.29, 1.82) is 0 Å². The van der Waals surface area contributed by atoms with Gasteiger partial charge in [0.1, 0.15) is 12.0 Å². The van der Waals surface area contributed by atoms with Gasteiger partial charge in [0, 0.05) is 18.3 Å². The summed E-state index contributed by atoms with van der Waals surface area (Å²) in [5, 5.41) is 27.9. The molecule has 0 spiro atoms. The number of aromatic nitrogens is 1. The van der Waals surface area contributed by atoms with Crippen LogP contribution in [0.3, 0.4) is 0 Å². The highest BCUT2D eigenvalue weighted by atomic mass is 32.1. The van der Waals surface area contributed by atoms with Gasteiger partial charge in [-0.15, -0.1) is 10.2 Å². The van der Waals surface area contributed by atoms with Crippen molar-refractivity contribution in [3.05, 3.63) is 42.5 Å². The zero-order chi connectivity index (χ0) is 18.5. The van der Waals surface area contributed by atoms with Crippen LogP contribution in [-0.2, 0) is 0 Å². The summed E-state index contributed by atoms with van der Waals surface area (Å²) in [5.41, 5.74) is 2.32. The van der Waals surface area contributed by atoms with Crippen LogP contribution in [0.2, 0.25) is 0 Å². The smallest absolute Gasteiger partial charge is 0.231 e. The second-order valence-corrected chi connectivity index (χ2v) is 6.60. The number of methoxy groups -OCH3 is 1. The first-order chi connectivity index (χ1) is 12.6. The number of thiazole rings is 1. The Kier molecular flexibility index (Phi) is 5.77. The molecule has 1 atom stereocenters. The normalized spacial score (nSPS) is 12.6. The number of fused-ring (bicyclic) bond motifs is 1. The van der Waals surface area contributed by atoms with Crippen LogP contribution in [0.5, 0.6) is 5.75 Å². The van der Waals surface area contributed by atoms with Gasteiger partial charge in [0.2, 0.25) is 5.13 Å². The maximum Gasteiger partial charge on any atom is 0.231 e. The number of ether oxygens (including phenoxy) is 1. The predicted octanol–water partition coefficient (Wildman–Crippen LogP) is 3.86. The van der Waals surface area contributed by atoms with Crippen LogP contribution in [0.15, 0.2) is 52.7 Å². The molecule has 136 valence electrons. The van der Waals surface area contributed by atoms with E-state index in [4.69, 9.17) is 9.84 Å².